The number of carbonyl (C=O) groups excluding carboxylic acids is 2. The number of nitrogens with one attached hydrogen (secondary N) is 1. The summed E-state index contributed by atoms with van der Waals surface area (Å²) in [6, 6.07) is -0.735. The zero-order chi connectivity index (χ0) is 39.6. The lowest BCUT2D eigenvalue weighted by molar-refractivity contribution is -0.148. The second kappa shape index (κ2) is 41.7. The Morgan fingerprint density at radius 3 is 1.69 bits per heavy atom. The number of allylic oxidation sites excluding steroid dienone is 9. The van der Waals surface area contributed by atoms with Gasteiger partial charge in [-0.3, -0.25) is 9.59 Å². The molecule has 1 amide bonds. The molecule has 3 unspecified atom stereocenters. The SMILES string of the molecule is CC/C=C/C=C/C=C\CCCCCCCC(=O)OC(/C=C/C/C=C\CCCCCCCC)CC(=O)NC(CO)C(O)CCCCCCCCCCCCC. The molecule has 6 nitrogen and oxygen atoms in total. The van der Waals surface area contributed by atoms with Crippen molar-refractivity contribution in [3.05, 3.63) is 60.8 Å². The normalized spacial score (nSPS) is 13.9. The molecule has 0 spiro atoms. The Balaban J connectivity index is 4.72. The second-order valence-corrected chi connectivity index (χ2v) is 15.1. The quantitative estimate of drug-likeness (QED) is 0.0251. The summed E-state index contributed by atoms with van der Waals surface area (Å²) in [6.07, 6.45) is 50.2. The van der Waals surface area contributed by atoms with Gasteiger partial charge in [0.15, 0.2) is 0 Å². The van der Waals surface area contributed by atoms with Crippen LogP contribution in [0.4, 0.5) is 0 Å². The van der Waals surface area contributed by atoms with Crippen molar-refractivity contribution in [2.24, 2.45) is 0 Å². The molecular weight excluding hydrogens is 671 g/mol. The molecule has 3 N–H and O–H groups in total. The fraction of sp³-hybridized carbons (Fsp3) is 0.750. The minimum absolute atomic E-state index is 0.0387. The van der Waals surface area contributed by atoms with Crippen molar-refractivity contribution in [3.8, 4) is 0 Å². The summed E-state index contributed by atoms with van der Waals surface area (Å²) in [5.41, 5.74) is 0. The van der Waals surface area contributed by atoms with E-state index in [1.54, 1.807) is 0 Å². The van der Waals surface area contributed by atoms with Crippen molar-refractivity contribution in [1.82, 2.24) is 5.32 Å². The van der Waals surface area contributed by atoms with Crippen molar-refractivity contribution in [1.29, 1.82) is 0 Å². The zero-order valence-corrected chi connectivity index (χ0v) is 35.3. The Labute approximate surface area is 333 Å². The van der Waals surface area contributed by atoms with E-state index in [9.17, 15) is 19.8 Å². The van der Waals surface area contributed by atoms with Crippen LogP contribution in [0, 0.1) is 0 Å². The van der Waals surface area contributed by atoms with Gasteiger partial charge in [0.25, 0.3) is 0 Å². The van der Waals surface area contributed by atoms with Crippen LogP contribution in [0.2, 0.25) is 0 Å². The molecule has 0 saturated heterocycles. The molecule has 312 valence electrons. The maximum Gasteiger partial charge on any atom is 0.306 e. The average molecular weight is 756 g/mol. The van der Waals surface area contributed by atoms with Crippen LogP contribution in [-0.2, 0) is 14.3 Å². The largest absolute Gasteiger partial charge is 0.458 e. The van der Waals surface area contributed by atoms with Gasteiger partial charge in [-0.1, -0.05) is 197 Å². The Morgan fingerprint density at radius 2 is 1.11 bits per heavy atom. The summed E-state index contributed by atoms with van der Waals surface area (Å²) in [7, 11) is 0. The number of ether oxygens (including phenoxy) is 1. The number of carbonyl (C=O) groups is 2. The van der Waals surface area contributed by atoms with E-state index in [2.05, 4.69) is 74.7 Å². The van der Waals surface area contributed by atoms with Crippen LogP contribution in [0.15, 0.2) is 60.8 Å². The highest BCUT2D eigenvalue weighted by Gasteiger charge is 2.23. The van der Waals surface area contributed by atoms with E-state index in [4.69, 9.17) is 4.74 Å². The van der Waals surface area contributed by atoms with E-state index in [-0.39, 0.29) is 24.9 Å². The van der Waals surface area contributed by atoms with Gasteiger partial charge in [-0.05, 0) is 57.4 Å². The number of aliphatic hydroxyl groups is 2. The number of unbranched alkanes of at least 4 members (excludes halogenated alkanes) is 21. The topological polar surface area (TPSA) is 95.9 Å². The van der Waals surface area contributed by atoms with Gasteiger partial charge in [0.2, 0.25) is 5.91 Å². The molecule has 0 aromatic carbocycles. The molecule has 0 aromatic heterocycles. The maximum atomic E-state index is 13.1. The average Bonchev–Trinajstić information content (AvgIpc) is 3.16. The molecule has 0 rings (SSSR count). The van der Waals surface area contributed by atoms with E-state index < -0.39 is 18.2 Å². The van der Waals surface area contributed by atoms with Gasteiger partial charge in [-0.25, -0.2) is 0 Å². The molecule has 0 aromatic rings. The van der Waals surface area contributed by atoms with Crippen LogP contribution in [0.25, 0.3) is 0 Å². The van der Waals surface area contributed by atoms with Crippen LogP contribution in [0.5, 0.6) is 0 Å². The van der Waals surface area contributed by atoms with E-state index in [1.165, 1.54) is 89.9 Å². The van der Waals surface area contributed by atoms with E-state index in [0.717, 1.165) is 70.6 Å². The standard InChI is InChI=1S/C48H85NO5/c1-4-7-10-13-16-19-22-23-26-29-32-35-38-41-48(53)54-44(39-36-33-30-27-24-20-17-14-11-8-5-2)42-47(52)49-45(43-50)46(51)40-37-34-31-28-25-21-18-15-12-9-6-3/h7,10,13,16,19,22,27,30,36,39,44-46,50-51H,4-6,8-9,11-12,14-15,17-18,20-21,23-26,28-29,31-35,37-38,40-43H2,1-3H3,(H,49,52)/b10-7+,16-13+,22-19-,30-27-,39-36+. The molecule has 0 aliphatic carbocycles. The number of rotatable bonds is 39. The van der Waals surface area contributed by atoms with Crippen molar-refractivity contribution in [3.63, 3.8) is 0 Å². The molecule has 54 heavy (non-hydrogen) atoms. The second-order valence-electron chi connectivity index (χ2n) is 15.1. The molecule has 0 bridgehead atoms. The summed E-state index contributed by atoms with van der Waals surface area (Å²) in [5, 5.41) is 23.5. The Hall–Kier alpha value is -2.44. The molecule has 0 saturated carbocycles. The van der Waals surface area contributed by atoms with E-state index in [0.29, 0.717) is 19.3 Å². The van der Waals surface area contributed by atoms with E-state index in [1.807, 2.05) is 12.2 Å². The highest BCUT2D eigenvalue weighted by Crippen LogP contribution is 2.15. The van der Waals surface area contributed by atoms with E-state index >= 15 is 0 Å². The number of aliphatic hydroxyl groups excluding tert-OH is 2. The lowest BCUT2D eigenvalue weighted by Gasteiger charge is -2.23. The molecule has 6 heteroatoms. The first kappa shape index (κ1) is 51.6. The van der Waals surface area contributed by atoms with Gasteiger partial charge >= 0.3 is 5.97 Å². The third-order valence-corrected chi connectivity index (χ3v) is 9.89. The minimum Gasteiger partial charge on any atom is -0.458 e. The fourth-order valence-corrected chi connectivity index (χ4v) is 6.45. The molecule has 0 aliphatic heterocycles. The van der Waals surface area contributed by atoms with Gasteiger partial charge in [0.05, 0.1) is 25.2 Å². The van der Waals surface area contributed by atoms with Crippen LogP contribution >= 0.6 is 0 Å². The molecule has 0 radical (unpaired) electrons. The number of amides is 1. The molecule has 0 heterocycles. The van der Waals surface area contributed by atoms with Gasteiger partial charge in [-0.2, -0.15) is 0 Å². The highest BCUT2D eigenvalue weighted by molar-refractivity contribution is 5.78. The first-order valence-corrected chi connectivity index (χ1v) is 22.6. The monoisotopic (exact) mass is 756 g/mol. The van der Waals surface area contributed by atoms with Crippen molar-refractivity contribution in [2.75, 3.05) is 6.61 Å². The minimum atomic E-state index is -0.813. The fourth-order valence-electron chi connectivity index (χ4n) is 6.45. The summed E-state index contributed by atoms with van der Waals surface area (Å²) in [6.45, 7) is 6.28. The zero-order valence-electron chi connectivity index (χ0n) is 35.3. The molecule has 0 aliphatic rings. The smallest absolute Gasteiger partial charge is 0.306 e. The third kappa shape index (κ3) is 36.5. The maximum absolute atomic E-state index is 13.1. The summed E-state index contributed by atoms with van der Waals surface area (Å²) < 4.78 is 5.78. The molecule has 3 atom stereocenters. The number of esters is 1. The van der Waals surface area contributed by atoms with Gasteiger partial charge in [-0.15, -0.1) is 0 Å². The first-order valence-electron chi connectivity index (χ1n) is 22.6. The summed E-state index contributed by atoms with van der Waals surface area (Å²) in [5.74, 6) is -0.631. The lowest BCUT2D eigenvalue weighted by atomic mass is 10.0. The highest BCUT2D eigenvalue weighted by atomic mass is 16.5. The van der Waals surface area contributed by atoms with Gasteiger partial charge in [0, 0.05) is 6.42 Å². The van der Waals surface area contributed by atoms with Crippen LogP contribution in [0.1, 0.15) is 207 Å². The lowest BCUT2D eigenvalue weighted by Crippen LogP contribution is -2.46. The predicted octanol–water partition coefficient (Wildman–Crippen LogP) is 12.9. The molecule has 0 fully saturated rings. The summed E-state index contributed by atoms with van der Waals surface area (Å²) in [4.78, 5) is 25.9. The Bertz CT molecular complexity index is 984. The third-order valence-electron chi connectivity index (χ3n) is 9.89. The molecular formula is C48H85NO5. The Kier molecular flexibility index (Phi) is 39.8. The number of hydrogen-bond donors (Lipinski definition) is 3. The summed E-state index contributed by atoms with van der Waals surface area (Å²) >= 11 is 0. The van der Waals surface area contributed by atoms with Crippen molar-refractivity contribution >= 4 is 11.9 Å². The van der Waals surface area contributed by atoms with Gasteiger partial charge < -0.3 is 20.3 Å². The Morgan fingerprint density at radius 1 is 0.593 bits per heavy atom. The van der Waals surface area contributed by atoms with Crippen molar-refractivity contribution < 1.29 is 24.5 Å². The van der Waals surface area contributed by atoms with Crippen LogP contribution in [-0.4, -0.2) is 46.9 Å². The van der Waals surface area contributed by atoms with Crippen LogP contribution < -0.4 is 5.32 Å². The van der Waals surface area contributed by atoms with Crippen LogP contribution in [0.3, 0.4) is 0 Å². The number of hydrogen-bond acceptors (Lipinski definition) is 5. The first-order chi connectivity index (χ1) is 26.5. The predicted molar refractivity (Wildman–Crippen MR) is 232 cm³/mol. The van der Waals surface area contributed by atoms with Gasteiger partial charge in [0.1, 0.15) is 6.10 Å². The van der Waals surface area contributed by atoms with Crippen molar-refractivity contribution in [2.45, 2.75) is 225 Å².